The lowest BCUT2D eigenvalue weighted by Crippen LogP contribution is -2.47. The third-order valence-electron chi connectivity index (χ3n) is 1.88. The zero-order valence-corrected chi connectivity index (χ0v) is 5.59. The first-order chi connectivity index (χ1) is 3.70. The number of nitrogens with zero attached hydrogens (tertiary/aromatic N) is 1. The van der Waals surface area contributed by atoms with E-state index in [4.69, 9.17) is 5.73 Å². The average Bonchev–Trinajstić information content (AvgIpc) is 1.57. The van der Waals surface area contributed by atoms with Crippen molar-refractivity contribution in [3.8, 4) is 0 Å². The lowest BCUT2D eigenvalue weighted by atomic mass is 9.87. The van der Waals surface area contributed by atoms with Crippen LogP contribution in [0.15, 0.2) is 0 Å². The van der Waals surface area contributed by atoms with E-state index in [1.54, 1.807) is 0 Å². The first-order valence-corrected chi connectivity index (χ1v) is 3.12. The van der Waals surface area contributed by atoms with Gasteiger partial charge >= 0.3 is 0 Å². The Morgan fingerprint density at radius 1 is 1.38 bits per heavy atom. The predicted octanol–water partition coefficient (Wildman–Crippen LogP) is 0.0377. The maximum Gasteiger partial charge on any atom is 0.0119 e. The smallest absolute Gasteiger partial charge is 0.0119 e. The summed E-state index contributed by atoms with van der Waals surface area (Å²) in [7, 11) is 4.22. The molecule has 0 bridgehead atoms. The molecular formula is C6H14N2. The molecule has 0 saturated heterocycles. The van der Waals surface area contributed by atoms with Crippen molar-refractivity contribution in [1.82, 2.24) is 4.90 Å². The predicted molar refractivity (Wildman–Crippen MR) is 34.7 cm³/mol. The van der Waals surface area contributed by atoms with E-state index in [0.717, 1.165) is 6.04 Å². The Balaban J connectivity index is 2.15. The third kappa shape index (κ3) is 1.01. The second-order valence-electron chi connectivity index (χ2n) is 2.85. The van der Waals surface area contributed by atoms with Gasteiger partial charge in [-0.15, -0.1) is 0 Å². The van der Waals surface area contributed by atoms with Crippen LogP contribution < -0.4 is 5.73 Å². The van der Waals surface area contributed by atoms with E-state index in [0.29, 0.717) is 6.04 Å². The van der Waals surface area contributed by atoms with Crippen LogP contribution in [0.25, 0.3) is 0 Å². The third-order valence-corrected chi connectivity index (χ3v) is 1.88. The van der Waals surface area contributed by atoms with Crippen molar-refractivity contribution in [2.24, 2.45) is 5.73 Å². The van der Waals surface area contributed by atoms with E-state index in [1.165, 1.54) is 12.8 Å². The van der Waals surface area contributed by atoms with Crippen molar-refractivity contribution < 1.29 is 0 Å². The first-order valence-electron chi connectivity index (χ1n) is 3.12. The summed E-state index contributed by atoms with van der Waals surface area (Å²) in [6.45, 7) is 0. The monoisotopic (exact) mass is 114 g/mol. The Labute approximate surface area is 50.7 Å². The molecule has 0 aromatic carbocycles. The molecule has 0 unspecified atom stereocenters. The fourth-order valence-electron chi connectivity index (χ4n) is 1.05. The van der Waals surface area contributed by atoms with Crippen LogP contribution in [0.1, 0.15) is 12.8 Å². The summed E-state index contributed by atoms with van der Waals surface area (Å²) in [6.07, 6.45) is 2.38. The molecule has 0 spiro atoms. The van der Waals surface area contributed by atoms with Gasteiger partial charge in [0, 0.05) is 12.1 Å². The van der Waals surface area contributed by atoms with Gasteiger partial charge in [-0.25, -0.2) is 0 Å². The van der Waals surface area contributed by atoms with Gasteiger partial charge in [0.25, 0.3) is 0 Å². The molecule has 1 rings (SSSR count). The fourth-order valence-corrected chi connectivity index (χ4v) is 1.05. The fraction of sp³-hybridized carbons (Fsp3) is 1.00. The largest absolute Gasteiger partial charge is 0.328 e. The Morgan fingerprint density at radius 2 is 1.88 bits per heavy atom. The molecule has 2 N–H and O–H groups in total. The van der Waals surface area contributed by atoms with E-state index >= 15 is 0 Å². The Morgan fingerprint density at radius 3 is 2.00 bits per heavy atom. The van der Waals surface area contributed by atoms with E-state index in [-0.39, 0.29) is 0 Å². The zero-order chi connectivity index (χ0) is 6.15. The summed E-state index contributed by atoms with van der Waals surface area (Å²) in [5, 5.41) is 0. The van der Waals surface area contributed by atoms with Crippen LogP contribution in [-0.2, 0) is 0 Å². The molecule has 8 heavy (non-hydrogen) atoms. The van der Waals surface area contributed by atoms with E-state index in [1.807, 2.05) is 0 Å². The van der Waals surface area contributed by atoms with Gasteiger partial charge in [-0.3, -0.25) is 0 Å². The van der Waals surface area contributed by atoms with Crippen molar-refractivity contribution in [3.05, 3.63) is 0 Å². The molecule has 0 radical (unpaired) electrons. The summed E-state index contributed by atoms with van der Waals surface area (Å²) >= 11 is 0. The molecule has 2 nitrogen and oxygen atoms in total. The Kier molecular flexibility index (Phi) is 1.54. The highest BCUT2D eigenvalue weighted by Gasteiger charge is 2.26. The summed E-state index contributed by atoms with van der Waals surface area (Å²) in [4.78, 5) is 2.24. The number of hydrogen-bond acceptors (Lipinski definition) is 2. The van der Waals surface area contributed by atoms with Gasteiger partial charge in [-0.2, -0.15) is 0 Å². The molecular weight excluding hydrogens is 100 g/mol. The lowest BCUT2D eigenvalue weighted by molar-refractivity contribution is 0.168. The van der Waals surface area contributed by atoms with Gasteiger partial charge in [-0.05, 0) is 26.9 Å². The molecule has 0 aliphatic heterocycles. The topological polar surface area (TPSA) is 29.3 Å². The van der Waals surface area contributed by atoms with E-state index in [2.05, 4.69) is 19.0 Å². The average molecular weight is 114 g/mol. The van der Waals surface area contributed by atoms with Crippen LogP contribution in [0.2, 0.25) is 0 Å². The molecule has 1 aliphatic rings. The SMILES string of the molecule is CN(C)C1CC(N)C1. The Hall–Kier alpha value is -0.0800. The van der Waals surface area contributed by atoms with Gasteiger partial charge in [0.05, 0.1) is 0 Å². The quantitative estimate of drug-likeness (QED) is 0.521. The van der Waals surface area contributed by atoms with Gasteiger partial charge in [-0.1, -0.05) is 0 Å². The van der Waals surface area contributed by atoms with Crippen LogP contribution in [0.5, 0.6) is 0 Å². The molecule has 1 fully saturated rings. The lowest BCUT2D eigenvalue weighted by Gasteiger charge is -2.37. The molecule has 0 atom stereocenters. The highest BCUT2D eigenvalue weighted by atomic mass is 15.1. The summed E-state index contributed by atoms with van der Waals surface area (Å²) in [5.74, 6) is 0. The van der Waals surface area contributed by atoms with E-state index < -0.39 is 0 Å². The van der Waals surface area contributed by atoms with Crippen molar-refractivity contribution in [2.75, 3.05) is 14.1 Å². The summed E-state index contributed by atoms with van der Waals surface area (Å²) in [5.41, 5.74) is 5.58. The minimum absolute atomic E-state index is 0.488. The highest BCUT2D eigenvalue weighted by Crippen LogP contribution is 2.20. The zero-order valence-electron chi connectivity index (χ0n) is 5.59. The second kappa shape index (κ2) is 2.03. The molecule has 0 aromatic rings. The summed E-state index contributed by atoms with van der Waals surface area (Å²) < 4.78 is 0. The van der Waals surface area contributed by atoms with Gasteiger partial charge in [0.15, 0.2) is 0 Å². The van der Waals surface area contributed by atoms with Crippen LogP contribution >= 0.6 is 0 Å². The molecule has 0 aromatic heterocycles. The van der Waals surface area contributed by atoms with Crippen LogP contribution in [0, 0.1) is 0 Å². The molecule has 1 aliphatic carbocycles. The number of rotatable bonds is 1. The number of hydrogen-bond donors (Lipinski definition) is 1. The molecule has 0 heterocycles. The van der Waals surface area contributed by atoms with Gasteiger partial charge in [0.2, 0.25) is 0 Å². The highest BCUT2D eigenvalue weighted by molar-refractivity contribution is 4.86. The van der Waals surface area contributed by atoms with Crippen LogP contribution in [0.4, 0.5) is 0 Å². The first kappa shape index (κ1) is 6.05. The molecule has 48 valence electrons. The van der Waals surface area contributed by atoms with Gasteiger partial charge in [0.1, 0.15) is 0 Å². The van der Waals surface area contributed by atoms with Crippen molar-refractivity contribution >= 4 is 0 Å². The standard InChI is InChI=1S/C6H14N2/c1-8(2)6-3-5(7)4-6/h5-6H,3-4,7H2,1-2H3. The molecule has 1 saturated carbocycles. The maximum atomic E-state index is 5.58. The van der Waals surface area contributed by atoms with Crippen LogP contribution in [-0.4, -0.2) is 31.1 Å². The van der Waals surface area contributed by atoms with Crippen LogP contribution in [0.3, 0.4) is 0 Å². The van der Waals surface area contributed by atoms with E-state index in [9.17, 15) is 0 Å². The summed E-state index contributed by atoms with van der Waals surface area (Å²) in [6, 6.07) is 1.26. The minimum Gasteiger partial charge on any atom is -0.328 e. The minimum atomic E-state index is 0.488. The van der Waals surface area contributed by atoms with Crippen molar-refractivity contribution in [3.63, 3.8) is 0 Å². The molecule has 0 amide bonds. The van der Waals surface area contributed by atoms with Gasteiger partial charge < -0.3 is 10.6 Å². The normalized spacial score (nSPS) is 37.5. The molecule has 2 heteroatoms. The Bertz CT molecular complexity index is 74.6. The second-order valence-corrected chi connectivity index (χ2v) is 2.85. The van der Waals surface area contributed by atoms with Crippen molar-refractivity contribution in [2.45, 2.75) is 24.9 Å². The number of nitrogens with two attached hydrogens (primary N) is 1. The van der Waals surface area contributed by atoms with Crippen molar-refractivity contribution in [1.29, 1.82) is 0 Å². The maximum absolute atomic E-state index is 5.58.